The predicted octanol–water partition coefficient (Wildman–Crippen LogP) is 1.61. The van der Waals surface area contributed by atoms with Crippen LogP contribution in [0.5, 0.6) is 0 Å². The molecule has 0 bridgehead atoms. The number of hydrogen-bond donors (Lipinski definition) is 1. The van der Waals surface area contributed by atoms with Crippen LogP contribution in [0.15, 0.2) is 31.0 Å². The number of carbonyl (C=O) groups is 1. The first-order valence-electron chi connectivity index (χ1n) is 8.67. The molecule has 0 unspecified atom stereocenters. The first-order chi connectivity index (χ1) is 12.2. The summed E-state index contributed by atoms with van der Waals surface area (Å²) in [6.45, 7) is 3.08. The highest BCUT2D eigenvalue weighted by Gasteiger charge is 2.47. The van der Waals surface area contributed by atoms with Crippen molar-refractivity contribution < 1.29 is 4.79 Å². The summed E-state index contributed by atoms with van der Waals surface area (Å²) in [5, 5.41) is 7.77. The lowest BCUT2D eigenvalue weighted by atomic mass is 9.61. The Morgan fingerprint density at radius 2 is 2.28 bits per heavy atom. The van der Waals surface area contributed by atoms with Gasteiger partial charge in [-0.25, -0.2) is 4.98 Å². The van der Waals surface area contributed by atoms with E-state index in [-0.39, 0.29) is 11.8 Å². The van der Waals surface area contributed by atoms with Crippen LogP contribution in [-0.2, 0) is 11.3 Å². The minimum Gasteiger partial charge on any atom is -0.355 e. The third kappa shape index (κ3) is 3.46. The fourth-order valence-corrected chi connectivity index (χ4v) is 4.09. The second kappa shape index (κ2) is 7.00. The molecule has 2 aromatic rings. The molecule has 0 radical (unpaired) electrons. The lowest BCUT2D eigenvalue weighted by molar-refractivity contribution is -0.134. The predicted molar refractivity (Wildman–Crippen MR) is 94.2 cm³/mol. The second-order valence-electron chi connectivity index (χ2n) is 6.78. The third-order valence-corrected chi connectivity index (χ3v) is 5.53. The van der Waals surface area contributed by atoms with E-state index in [1.807, 2.05) is 0 Å². The molecule has 4 rings (SSSR count). The summed E-state index contributed by atoms with van der Waals surface area (Å²) in [4.78, 5) is 23.3. The van der Waals surface area contributed by atoms with Crippen LogP contribution in [0.2, 0.25) is 5.02 Å². The highest BCUT2D eigenvalue weighted by atomic mass is 35.5. The lowest BCUT2D eigenvalue weighted by Crippen LogP contribution is -2.55. The Labute approximate surface area is 151 Å². The largest absolute Gasteiger partial charge is 0.355 e. The molecule has 3 heterocycles. The molecule has 25 heavy (non-hydrogen) atoms. The van der Waals surface area contributed by atoms with Crippen LogP contribution in [0.25, 0.3) is 0 Å². The summed E-state index contributed by atoms with van der Waals surface area (Å²) >= 11 is 5.84. The number of amides is 1. The van der Waals surface area contributed by atoms with Crippen LogP contribution in [0.4, 0.5) is 5.82 Å². The highest BCUT2D eigenvalue weighted by molar-refractivity contribution is 6.30. The van der Waals surface area contributed by atoms with Crippen LogP contribution in [0, 0.1) is 17.8 Å². The number of piperidine rings is 1. The normalized spacial score (nSPS) is 25.2. The molecule has 7 nitrogen and oxygen atoms in total. The first-order valence-corrected chi connectivity index (χ1v) is 9.05. The number of rotatable bonds is 5. The van der Waals surface area contributed by atoms with Crippen LogP contribution < -0.4 is 10.2 Å². The Hall–Kier alpha value is -2.15. The zero-order valence-electron chi connectivity index (χ0n) is 13.9. The van der Waals surface area contributed by atoms with Gasteiger partial charge >= 0.3 is 0 Å². The third-order valence-electron chi connectivity index (χ3n) is 5.33. The van der Waals surface area contributed by atoms with Crippen molar-refractivity contribution in [1.82, 2.24) is 25.1 Å². The summed E-state index contributed by atoms with van der Waals surface area (Å²) in [6.07, 6.45) is 10.7. The Morgan fingerprint density at radius 3 is 3.04 bits per heavy atom. The maximum Gasteiger partial charge on any atom is 0.223 e. The molecule has 0 aromatic carbocycles. The van der Waals surface area contributed by atoms with Crippen molar-refractivity contribution in [2.24, 2.45) is 17.8 Å². The quantitative estimate of drug-likeness (QED) is 0.876. The second-order valence-corrected chi connectivity index (χ2v) is 7.21. The molecule has 132 valence electrons. The van der Waals surface area contributed by atoms with Crippen molar-refractivity contribution >= 4 is 23.3 Å². The van der Waals surface area contributed by atoms with Gasteiger partial charge in [0.05, 0.1) is 24.0 Å². The minimum absolute atomic E-state index is 0.102. The number of carbonyl (C=O) groups excluding carboxylic acids is 1. The average molecular weight is 361 g/mol. The van der Waals surface area contributed by atoms with Gasteiger partial charge in [0.15, 0.2) is 0 Å². The molecule has 2 aliphatic rings. The number of nitrogens with zero attached hydrogens (tertiary/aromatic N) is 5. The van der Waals surface area contributed by atoms with Crippen molar-refractivity contribution in [3.63, 3.8) is 0 Å². The van der Waals surface area contributed by atoms with Crippen LogP contribution in [0.3, 0.4) is 0 Å². The van der Waals surface area contributed by atoms with E-state index in [9.17, 15) is 4.79 Å². The first kappa shape index (κ1) is 16.3. The summed E-state index contributed by atoms with van der Waals surface area (Å²) in [5.41, 5.74) is 0. The molecule has 2 fully saturated rings. The molecule has 0 spiro atoms. The molecule has 8 heteroatoms. The van der Waals surface area contributed by atoms with E-state index in [0.29, 0.717) is 29.9 Å². The van der Waals surface area contributed by atoms with Crippen molar-refractivity contribution in [3.8, 4) is 0 Å². The fourth-order valence-electron chi connectivity index (χ4n) is 3.93. The minimum atomic E-state index is 0.102. The van der Waals surface area contributed by atoms with Gasteiger partial charge in [0, 0.05) is 44.1 Å². The van der Waals surface area contributed by atoms with E-state index in [0.717, 1.165) is 31.7 Å². The Morgan fingerprint density at radius 1 is 1.36 bits per heavy atom. The molecule has 1 aliphatic heterocycles. The van der Waals surface area contributed by atoms with Crippen LogP contribution >= 0.6 is 11.6 Å². The number of anilines is 1. The summed E-state index contributed by atoms with van der Waals surface area (Å²) in [6, 6.07) is 0. The van der Waals surface area contributed by atoms with Gasteiger partial charge in [-0.05, 0) is 24.7 Å². The standard InChI is InChI=1S/C17H21ClN6O/c18-13-8-22-24(10-13)6-4-21-17(25)14-7-12-1-5-23(11-15(12)14)16-9-19-2-3-20-16/h2-3,8-10,12,14-15H,1,4-7,11H2,(H,21,25)/t12-,14-,15-/m1/s1. The molecule has 1 saturated heterocycles. The zero-order chi connectivity index (χ0) is 17.2. The number of halogens is 1. The lowest BCUT2D eigenvalue weighted by Gasteiger charge is -2.50. The Kier molecular flexibility index (Phi) is 4.57. The maximum absolute atomic E-state index is 12.5. The van der Waals surface area contributed by atoms with Gasteiger partial charge in [-0.3, -0.25) is 14.5 Å². The van der Waals surface area contributed by atoms with Crippen molar-refractivity contribution in [2.45, 2.75) is 19.4 Å². The van der Waals surface area contributed by atoms with Gasteiger partial charge in [0.1, 0.15) is 5.82 Å². The molecule has 1 saturated carbocycles. The Balaban J connectivity index is 1.29. The summed E-state index contributed by atoms with van der Waals surface area (Å²) in [5.74, 6) is 2.23. The van der Waals surface area contributed by atoms with E-state index in [4.69, 9.17) is 11.6 Å². The highest BCUT2D eigenvalue weighted by Crippen LogP contribution is 2.46. The number of nitrogens with one attached hydrogen (secondary N) is 1. The van der Waals surface area contributed by atoms with E-state index >= 15 is 0 Å². The van der Waals surface area contributed by atoms with E-state index in [1.54, 1.807) is 35.7 Å². The zero-order valence-corrected chi connectivity index (χ0v) is 14.6. The Bertz CT molecular complexity index is 736. The van der Waals surface area contributed by atoms with Gasteiger partial charge in [-0.15, -0.1) is 0 Å². The summed E-state index contributed by atoms with van der Waals surface area (Å²) in [7, 11) is 0. The van der Waals surface area contributed by atoms with Gasteiger partial charge in [0.25, 0.3) is 0 Å². The molecule has 1 N–H and O–H groups in total. The number of hydrogen-bond acceptors (Lipinski definition) is 5. The van der Waals surface area contributed by atoms with Gasteiger partial charge in [0.2, 0.25) is 5.91 Å². The van der Waals surface area contributed by atoms with Crippen molar-refractivity contribution in [2.75, 3.05) is 24.5 Å². The maximum atomic E-state index is 12.5. The molecule has 2 aromatic heterocycles. The van der Waals surface area contributed by atoms with E-state index in [2.05, 4.69) is 25.3 Å². The van der Waals surface area contributed by atoms with E-state index in [1.165, 1.54) is 0 Å². The van der Waals surface area contributed by atoms with E-state index < -0.39 is 0 Å². The molecule has 3 atom stereocenters. The van der Waals surface area contributed by atoms with Crippen LogP contribution in [0.1, 0.15) is 12.8 Å². The number of aromatic nitrogens is 4. The summed E-state index contributed by atoms with van der Waals surface area (Å²) < 4.78 is 1.74. The van der Waals surface area contributed by atoms with Gasteiger partial charge < -0.3 is 10.2 Å². The van der Waals surface area contributed by atoms with Crippen LogP contribution in [-0.4, -0.2) is 45.3 Å². The smallest absolute Gasteiger partial charge is 0.223 e. The average Bonchev–Trinajstić information content (AvgIpc) is 3.02. The topological polar surface area (TPSA) is 75.9 Å². The molecule has 1 aliphatic carbocycles. The SMILES string of the molecule is O=C(NCCn1cc(Cl)cn1)[C@@H]1C[C@H]2CCN(c3cnccn3)C[C@H]21. The van der Waals surface area contributed by atoms with Gasteiger partial charge in [-0.2, -0.15) is 5.10 Å². The molecule has 1 amide bonds. The van der Waals surface area contributed by atoms with Crippen molar-refractivity contribution in [1.29, 1.82) is 0 Å². The van der Waals surface area contributed by atoms with Crippen molar-refractivity contribution in [3.05, 3.63) is 36.0 Å². The fraction of sp³-hybridized carbons (Fsp3) is 0.529. The molecular formula is C17H21ClN6O. The van der Waals surface area contributed by atoms with Gasteiger partial charge in [-0.1, -0.05) is 11.6 Å². The number of fused-ring (bicyclic) bond motifs is 1. The monoisotopic (exact) mass is 360 g/mol. The molecular weight excluding hydrogens is 340 g/mol.